The molecule has 1 atom stereocenters. The Morgan fingerprint density at radius 3 is 3.15 bits per heavy atom. The maximum atomic E-state index is 3.44. The van der Waals surface area contributed by atoms with Crippen LogP contribution in [0.4, 0.5) is 5.69 Å². The maximum absolute atomic E-state index is 3.44. The van der Waals surface area contributed by atoms with Crippen molar-refractivity contribution in [3.8, 4) is 0 Å². The van der Waals surface area contributed by atoms with Crippen molar-refractivity contribution in [2.24, 2.45) is 0 Å². The zero-order valence-corrected chi connectivity index (χ0v) is 8.73. The average Bonchev–Trinajstić information content (AvgIpc) is 2.19. The quantitative estimate of drug-likeness (QED) is 0.773. The van der Waals surface area contributed by atoms with Crippen LogP contribution in [0.3, 0.4) is 0 Å². The molecule has 1 aliphatic rings. The molecule has 0 amide bonds. The van der Waals surface area contributed by atoms with Gasteiger partial charge in [0.25, 0.3) is 0 Å². The smallest absolute Gasteiger partial charge is 0.0384 e. The number of rotatable bonds is 2. The largest absolute Gasteiger partial charge is 0.385 e. The van der Waals surface area contributed by atoms with E-state index in [1.165, 1.54) is 23.4 Å². The van der Waals surface area contributed by atoms with E-state index in [2.05, 4.69) is 48.3 Å². The highest BCUT2D eigenvalue weighted by Crippen LogP contribution is 2.38. The van der Waals surface area contributed by atoms with E-state index < -0.39 is 0 Å². The summed E-state index contributed by atoms with van der Waals surface area (Å²) in [6, 6.07) is 8.66. The number of anilines is 1. The lowest BCUT2D eigenvalue weighted by Gasteiger charge is -2.25. The summed E-state index contributed by atoms with van der Waals surface area (Å²) in [4.78, 5) is 0. The Hall–Kier alpha value is -0.630. The fourth-order valence-electron chi connectivity index (χ4n) is 1.81. The van der Waals surface area contributed by atoms with Crippen LogP contribution in [0, 0.1) is 0 Å². The third-order valence-electron chi connectivity index (χ3n) is 2.40. The van der Waals surface area contributed by atoms with Crippen LogP contribution in [0.15, 0.2) is 24.3 Å². The van der Waals surface area contributed by atoms with Gasteiger partial charge >= 0.3 is 0 Å². The van der Waals surface area contributed by atoms with Gasteiger partial charge in [-0.05, 0) is 23.8 Å². The molecule has 0 aromatic heterocycles. The van der Waals surface area contributed by atoms with Gasteiger partial charge in [0, 0.05) is 17.5 Å². The first-order chi connectivity index (χ1) is 6.42. The second-order valence-corrected chi connectivity index (χ2v) is 4.73. The lowest BCUT2D eigenvalue weighted by molar-refractivity contribution is 0.811. The van der Waals surface area contributed by atoms with Crippen LogP contribution in [0.5, 0.6) is 0 Å². The first kappa shape index (κ1) is 8.95. The Labute approximate surface area is 83.9 Å². The molecule has 0 radical (unpaired) electrons. The van der Waals surface area contributed by atoms with Gasteiger partial charge in [-0.1, -0.05) is 25.1 Å². The highest BCUT2D eigenvalue weighted by atomic mass is 32.2. The predicted molar refractivity (Wildman–Crippen MR) is 60.4 cm³/mol. The average molecular weight is 193 g/mol. The summed E-state index contributed by atoms with van der Waals surface area (Å²) in [6.07, 6.45) is 1.26. The molecule has 1 aromatic rings. The van der Waals surface area contributed by atoms with Gasteiger partial charge in [0.15, 0.2) is 0 Å². The summed E-state index contributed by atoms with van der Waals surface area (Å²) in [5.74, 6) is 1.21. The van der Waals surface area contributed by atoms with Crippen molar-refractivity contribution in [3.63, 3.8) is 0 Å². The van der Waals surface area contributed by atoms with Gasteiger partial charge in [-0.3, -0.25) is 0 Å². The third-order valence-corrected chi connectivity index (χ3v) is 3.62. The number of thioether (sulfide) groups is 1. The maximum Gasteiger partial charge on any atom is 0.0384 e. The van der Waals surface area contributed by atoms with E-state index in [-0.39, 0.29) is 0 Å². The zero-order chi connectivity index (χ0) is 9.10. The van der Waals surface area contributed by atoms with E-state index >= 15 is 0 Å². The molecule has 1 aromatic carbocycles. The first-order valence-electron chi connectivity index (χ1n) is 4.86. The zero-order valence-electron chi connectivity index (χ0n) is 7.92. The minimum absolute atomic E-state index is 0.711. The van der Waals surface area contributed by atoms with Crippen LogP contribution < -0.4 is 5.32 Å². The van der Waals surface area contributed by atoms with E-state index in [1.807, 2.05) is 0 Å². The molecular weight excluding hydrogens is 178 g/mol. The van der Waals surface area contributed by atoms with E-state index in [0.717, 1.165) is 6.54 Å². The van der Waals surface area contributed by atoms with Gasteiger partial charge in [0.1, 0.15) is 0 Å². The van der Waals surface area contributed by atoms with Crippen molar-refractivity contribution in [3.05, 3.63) is 29.8 Å². The van der Waals surface area contributed by atoms with Crippen molar-refractivity contribution >= 4 is 17.4 Å². The van der Waals surface area contributed by atoms with Crippen LogP contribution in [0.2, 0.25) is 0 Å². The van der Waals surface area contributed by atoms with Gasteiger partial charge in [0.05, 0.1) is 0 Å². The van der Waals surface area contributed by atoms with Crippen molar-refractivity contribution in [2.75, 3.05) is 17.6 Å². The molecule has 1 heterocycles. The van der Waals surface area contributed by atoms with Gasteiger partial charge in [-0.15, -0.1) is 0 Å². The topological polar surface area (TPSA) is 12.0 Å². The van der Waals surface area contributed by atoms with Gasteiger partial charge in [0.2, 0.25) is 0 Å². The fraction of sp³-hybridized carbons (Fsp3) is 0.455. The molecule has 1 nitrogen and oxygen atoms in total. The highest BCUT2D eigenvalue weighted by Gasteiger charge is 2.18. The minimum Gasteiger partial charge on any atom is -0.385 e. The molecule has 2 rings (SSSR count). The molecule has 0 spiro atoms. The van der Waals surface area contributed by atoms with Crippen molar-refractivity contribution in [1.82, 2.24) is 0 Å². The van der Waals surface area contributed by atoms with E-state index in [0.29, 0.717) is 5.25 Å². The summed E-state index contributed by atoms with van der Waals surface area (Å²) >= 11 is 2.05. The van der Waals surface area contributed by atoms with Crippen LogP contribution in [0.1, 0.15) is 24.2 Å². The number of fused-ring (bicyclic) bond motifs is 1. The van der Waals surface area contributed by atoms with Gasteiger partial charge in [-0.25, -0.2) is 0 Å². The number of para-hydroxylation sites is 1. The molecule has 13 heavy (non-hydrogen) atoms. The molecule has 0 saturated carbocycles. The number of nitrogens with one attached hydrogen (secondary N) is 1. The molecule has 1 aliphatic heterocycles. The molecule has 2 heteroatoms. The fourth-order valence-corrected chi connectivity index (χ4v) is 2.88. The Morgan fingerprint density at radius 2 is 2.31 bits per heavy atom. The molecule has 70 valence electrons. The number of hydrogen-bond donors (Lipinski definition) is 1. The highest BCUT2D eigenvalue weighted by molar-refractivity contribution is 7.99. The van der Waals surface area contributed by atoms with Gasteiger partial charge in [-0.2, -0.15) is 11.8 Å². The normalized spacial score (nSPS) is 20.5. The minimum atomic E-state index is 0.711. The molecule has 0 fully saturated rings. The summed E-state index contributed by atoms with van der Waals surface area (Å²) < 4.78 is 0. The second-order valence-electron chi connectivity index (χ2n) is 3.25. The van der Waals surface area contributed by atoms with Crippen LogP contribution in [0.25, 0.3) is 0 Å². The Bertz CT molecular complexity index is 285. The molecule has 1 N–H and O–H groups in total. The molecular formula is C11H15NS. The van der Waals surface area contributed by atoms with Crippen molar-refractivity contribution in [1.29, 1.82) is 0 Å². The van der Waals surface area contributed by atoms with E-state index in [4.69, 9.17) is 0 Å². The Morgan fingerprint density at radius 1 is 1.46 bits per heavy atom. The number of benzene rings is 1. The van der Waals surface area contributed by atoms with Gasteiger partial charge < -0.3 is 5.32 Å². The molecule has 1 unspecified atom stereocenters. The van der Waals surface area contributed by atoms with Crippen molar-refractivity contribution < 1.29 is 0 Å². The summed E-state index contributed by atoms with van der Waals surface area (Å²) in [5, 5.41) is 4.15. The van der Waals surface area contributed by atoms with Crippen molar-refractivity contribution in [2.45, 2.75) is 18.6 Å². The lowest BCUT2D eigenvalue weighted by Crippen LogP contribution is -2.14. The number of hydrogen-bond acceptors (Lipinski definition) is 2. The van der Waals surface area contributed by atoms with E-state index in [1.54, 1.807) is 0 Å². The third kappa shape index (κ3) is 1.83. The van der Waals surface area contributed by atoms with E-state index in [9.17, 15) is 0 Å². The standard InChI is InChI=1S/C11H15NS/c1-2-13-11-7-8-12-10-6-4-3-5-9(10)11/h3-6,11-12H,2,7-8H2,1H3. The Kier molecular flexibility index (Phi) is 2.79. The SMILES string of the molecule is CCSC1CCNc2ccccc21. The first-order valence-corrected chi connectivity index (χ1v) is 5.91. The second kappa shape index (κ2) is 4.05. The summed E-state index contributed by atoms with van der Waals surface area (Å²) in [7, 11) is 0. The van der Waals surface area contributed by atoms with Crippen LogP contribution in [-0.2, 0) is 0 Å². The summed E-state index contributed by atoms with van der Waals surface area (Å²) in [5.41, 5.74) is 2.82. The lowest BCUT2D eigenvalue weighted by atomic mass is 10.0. The predicted octanol–water partition coefficient (Wildman–Crippen LogP) is 3.30. The van der Waals surface area contributed by atoms with Crippen LogP contribution in [-0.4, -0.2) is 12.3 Å². The molecule has 0 bridgehead atoms. The Balaban J connectivity index is 2.26. The summed E-state index contributed by atoms with van der Waals surface area (Å²) in [6.45, 7) is 3.35. The molecule has 0 aliphatic carbocycles. The molecule has 0 saturated heterocycles. The van der Waals surface area contributed by atoms with Crippen LogP contribution >= 0.6 is 11.8 Å². The monoisotopic (exact) mass is 193 g/mol.